The molecule has 2 unspecified atom stereocenters. The quantitative estimate of drug-likeness (QED) is 0.0224. The van der Waals surface area contributed by atoms with Crippen molar-refractivity contribution in [3.05, 3.63) is 48.6 Å². The van der Waals surface area contributed by atoms with E-state index in [0.29, 0.717) is 25.0 Å². The van der Waals surface area contributed by atoms with Gasteiger partial charge in [0.05, 0.1) is 18.8 Å². The minimum atomic E-state index is -4.76. The second kappa shape index (κ2) is 30.8. The fraction of sp³-hybridized carbons (Fsp3) is 0.744. The van der Waals surface area contributed by atoms with Gasteiger partial charge in [0.25, 0.3) is 0 Å². The lowest BCUT2D eigenvalue weighted by Crippen LogP contribution is -2.29. The molecule has 1 fully saturated rings. The molecular formula is C39H67O9P. The molecule has 0 aromatic carbocycles. The van der Waals surface area contributed by atoms with Crippen LogP contribution in [0.1, 0.15) is 155 Å². The summed E-state index contributed by atoms with van der Waals surface area (Å²) in [6, 6.07) is 0. The molecule has 0 spiro atoms. The first-order chi connectivity index (χ1) is 23.7. The largest absolute Gasteiger partial charge is 0.469 e. The van der Waals surface area contributed by atoms with Crippen LogP contribution in [-0.4, -0.2) is 53.3 Å². The molecule has 0 radical (unpaired) electrons. The summed E-state index contributed by atoms with van der Waals surface area (Å²) in [5, 5.41) is 0. The monoisotopic (exact) mass is 710 g/mol. The predicted molar refractivity (Wildman–Crippen MR) is 197 cm³/mol. The van der Waals surface area contributed by atoms with E-state index in [2.05, 4.69) is 67.0 Å². The first-order valence-corrected chi connectivity index (χ1v) is 20.6. The lowest BCUT2D eigenvalue weighted by Gasteiger charge is -2.18. The molecule has 49 heavy (non-hydrogen) atoms. The van der Waals surface area contributed by atoms with Gasteiger partial charge in [-0.25, -0.2) is 4.57 Å². The van der Waals surface area contributed by atoms with Crippen molar-refractivity contribution in [2.75, 3.05) is 13.2 Å². The number of carbonyl (C=O) groups is 2. The summed E-state index contributed by atoms with van der Waals surface area (Å²) in [6.45, 7) is 3.49. The van der Waals surface area contributed by atoms with E-state index >= 15 is 0 Å². The maximum atomic E-state index is 12.4. The zero-order valence-electron chi connectivity index (χ0n) is 30.5. The van der Waals surface area contributed by atoms with Gasteiger partial charge in [-0.2, -0.15) is 0 Å². The molecule has 1 aliphatic heterocycles. The highest BCUT2D eigenvalue weighted by atomic mass is 31.2. The van der Waals surface area contributed by atoms with E-state index in [0.717, 1.165) is 96.3 Å². The second-order valence-electron chi connectivity index (χ2n) is 12.9. The minimum Gasteiger partial charge on any atom is -0.462 e. The summed E-state index contributed by atoms with van der Waals surface area (Å²) in [5.74, 6) is -0.932. The second-order valence-corrected chi connectivity index (χ2v) is 14.1. The Bertz CT molecular complexity index is 1000. The van der Waals surface area contributed by atoms with Crippen LogP contribution < -0.4 is 0 Å². The molecule has 1 rings (SSSR count). The van der Waals surface area contributed by atoms with E-state index in [1.165, 1.54) is 19.3 Å². The molecule has 0 saturated carbocycles. The third-order valence-corrected chi connectivity index (χ3v) is 8.74. The number of hydrogen-bond acceptors (Lipinski definition) is 7. The number of ether oxygens (including phenoxy) is 3. The molecular weight excluding hydrogens is 643 g/mol. The van der Waals surface area contributed by atoms with Gasteiger partial charge in [-0.1, -0.05) is 120 Å². The molecule has 3 atom stereocenters. The summed E-state index contributed by atoms with van der Waals surface area (Å²) in [7, 11) is -4.76. The van der Waals surface area contributed by atoms with Crippen molar-refractivity contribution in [1.29, 1.82) is 0 Å². The van der Waals surface area contributed by atoms with Crippen molar-refractivity contribution in [3.63, 3.8) is 0 Å². The predicted octanol–water partition coefficient (Wildman–Crippen LogP) is 10.2. The average Bonchev–Trinajstić information content (AvgIpc) is 3.82. The normalized spacial score (nSPS) is 17.1. The Morgan fingerprint density at radius 1 is 0.673 bits per heavy atom. The fourth-order valence-corrected chi connectivity index (χ4v) is 5.69. The van der Waals surface area contributed by atoms with Gasteiger partial charge in [0.2, 0.25) is 0 Å². The van der Waals surface area contributed by atoms with Gasteiger partial charge in [-0.05, 0) is 70.6 Å². The molecule has 0 aliphatic carbocycles. The summed E-state index contributed by atoms with van der Waals surface area (Å²) >= 11 is 0. The van der Waals surface area contributed by atoms with Crippen LogP contribution >= 0.6 is 7.82 Å². The number of allylic oxidation sites excluding steroid dienone is 7. The summed E-state index contributed by atoms with van der Waals surface area (Å²) in [4.78, 5) is 42.8. The Morgan fingerprint density at radius 2 is 1.24 bits per heavy atom. The number of unbranched alkanes of at least 4 members (excludes halogenated alkanes) is 12. The lowest BCUT2D eigenvalue weighted by molar-refractivity contribution is -0.161. The van der Waals surface area contributed by atoms with Crippen molar-refractivity contribution in [1.82, 2.24) is 0 Å². The Morgan fingerprint density at radius 3 is 1.92 bits per heavy atom. The van der Waals surface area contributed by atoms with Crippen molar-refractivity contribution < 1.29 is 42.7 Å². The third kappa shape index (κ3) is 30.5. The number of epoxide rings is 1. The highest BCUT2D eigenvalue weighted by molar-refractivity contribution is 7.46. The zero-order valence-corrected chi connectivity index (χ0v) is 31.4. The van der Waals surface area contributed by atoms with Crippen molar-refractivity contribution in [2.45, 2.75) is 173 Å². The van der Waals surface area contributed by atoms with Crippen molar-refractivity contribution >= 4 is 19.8 Å². The Hall–Kier alpha value is -2.03. The molecule has 0 bridgehead atoms. The van der Waals surface area contributed by atoms with E-state index in [1.807, 2.05) is 0 Å². The first kappa shape index (κ1) is 45.0. The van der Waals surface area contributed by atoms with Gasteiger partial charge in [0.15, 0.2) is 6.10 Å². The number of carbonyl (C=O) groups excluding carboxylic acids is 2. The van der Waals surface area contributed by atoms with Crippen molar-refractivity contribution in [3.8, 4) is 0 Å². The highest BCUT2D eigenvalue weighted by Crippen LogP contribution is 2.36. The molecule has 0 aromatic rings. The molecule has 1 heterocycles. The molecule has 2 N–H and O–H groups in total. The number of phosphoric ester groups is 1. The third-order valence-electron chi connectivity index (χ3n) is 8.26. The van der Waals surface area contributed by atoms with E-state index < -0.39 is 32.5 Å². The number of hydrogen-bond donors (Lipinski definition) is 2. The van der Waals surface area contributed by atoms with Crippen LogP contribution in [0.3, 0.4) is 0 Å². The minimum absolute atomic E-state index is 0.184. The van der Waals surface area contributed by atoms with Crippen LogP contribution in [0.5, 0.6) is 0 Å². The topological polar surface area (TPSA) is 132 Å². The summed E-state index contributed by atoms with van der Waals surface area (Å²) in [6.07, 6.45) is 38.5. The average molecular weight is 711 g/mol. The van der Waals surface area contributed by atoms with E-state index in [9.17, 15) is 14.2 Å². The van der Waals surface area contributed by atoms with Crippen LogP contribution in [0, 0.1) is 0 Å². The Labute approximate surface area is 297 Å². The van der Waals surface area contributed by atoms with Crippen LogP contribution in [0.25, 0.3) is 0 Å². The first-order valence-electron chi connectivity index (χ1n) is 19.1. The molecule has 282 valence electrons. The summed E-state index contributed by atoms with van der Waals surface area (Å²) in [5.41, 5.74) is 0. The Balaban J connectivity index is 2.11. The van der Waals surface area contributed by atoms with Crippen LogP contribution in [0.4, 0.5) is 0 Å². The van der Waals surface area contributed by atoms with Gasteiger partial charge in [0, 0.05) is 12.8 Å². The van der Waals surface area contributed by atoms with Gasteiger partial charge in [-0.15, -0.1) is 0 Å². The lowest BCUT2D eigenvalue weighted by atomic mass is 10.1. The molecule has 9 nitrogen and oxygen atoms in total. The molecule has 0 aromatic heterocycles. The maximum absolute atomic E-state index is 12.4. The SMILES string of the molecule is CC/C=C\C/C=C\C/C=C\CCCCCCCC(=O)O[C@H](COC(=O)CCCCCCCC1OC1C/C=C\CCCCC)COP(=O)(O)O. The molecule has 0 amide bonds. The van der Waals surface area contributed by atoms with Gasteiger partial charge < -0.3 is 24.0 Å². The van der Waals surface area contributed by atoms with E-state index in [4.69, 9.17) is 24.0 Å². The standard InChI is InChI=1S/C39H67O9P/c1-3-5-7-9-11-12-13-14-15-16-17-18-19-23-28-32-39(41)47-35(34-46-49(42,43)44)33-45-38(40)31-27-24-20-22-26-30-37-36(48-37)29-25-21-10-8-6-4-2/h5,7,11-12,14-15,21,25,35-37H,3-4,6,8-10,13,16-20,22-24,26-34H2,1-2H3,(H2,42,43,44)/b7-5-,12-11-,15-14-,25-21-/t35-,36?,37?/m1/s1. The molecule has 10 heteroatoms. The summed E-state index contributed by atoms with van der Waals surface area (Å²) < 4.78 is 32.1. The van der Waals surface area contributed by atoms with Crippen molar-refractivity contribution in [2.24, 2.45) is 0 Å². The van der Waals surface area contributed by atoms with Gasteiger partial charge >= 0.3 is 19.8 Å². The van der Waals surface area contributed by atoms with Crippen LogP contribution in [0.15, 0.2) is 48.6 Å². The fourth-order valence-electron chi connectivity index (χ4n) is 5.33. The van der Waals surface area contributed by atoms with Crippen LogP contribution in [-0.2, 0) is 32.9 Å². The Kier molecular flexibility index (Phi) is 28.2. The number of esters is 2. The number of phosphoric acid groups is 1. The van der Waals surface area contributed by atoms with E-state index in [-0.39, 0.29) is 19.4 Å². The number of rotatable bonds is 33. The smallest absolute Gasteiger partial charge is 0.462 e. The van der Waals surface area contributed by atoms with Gasteiger partial charge in [0.1, 0.15) is 6.61 Å². The highest BCUT2D eigenvalue weighted by Gasteiger charge is 2.36. The molecule has 1 saturated heterocycles. The molecule has 1 aliphatic rings. The van der Waals surface area contributed by atoms with Gasteiger partial charge in [-0.3, -0.25) is 14.1 Å². The van der Waals surface area contributed by atoms with Crippen LogP contribution in [0.2, 0.25) is 0 Å². The maximum Gasteiger partial charge on any atom is 0.469 e. The zero-order chi connectivity index (χ0) is 35.8. The van der Waals surface area contributed by atoms with E-state index in [1.54, 1.807) is 0 Å².